The van der Waals surface area contributed by atoms with E-state index >= 15 is 0 Å². The standard InChI is InChI=1S/C24H20Cl2N6O/c1-33-21-13-28-24(30-23(21)29-17-8-10-27-11-9-17)22-18-4-2-3-5-20(18)32(31-22)14-15-6-7-16(25)12-19(15)26/h2-10,12-13,27H,11,14H2,1H3,(H,28,29,30). The molecule has 2 aromatic heterocycles. The number of halogens is 2. The van der Waals surface area contributed by atoms with Crippen molar-refractivity contribution in [3.8, 4) is 17.3 Å². The molecule has 0 unspecified atom stereocenters. The number of fused-ring (bicyclic) bond motifs is 1. The quantitative estimate of drug-likeness (QED) is 0.393. The van der Waals surface area contributed by atoms with Crippen LogP contribution in [0.3, 0.4) is 0 Å². The normalized spacial score (nSPS) is 13.0. The van der Waals surface area contributed by atoms with Gasteiger partial charge in [-0.15, -0.1) is 0 Å². The lowest BCUT2D eigenvalue weighted by Gasteiger charge is -2.13. The van der Waals surface area contributed by atoms with Crippen molar-refractivity contribution in [2.75, 3.05) is 19.0 Å². The summed E-state index contributed by atoms with van der Waals surface area (Å²) in [6.45, 7) is 1.23. The Kier molecular flexibility index (Phi) is 5.90. The van der Waals surface area contributed by atoms with E-state index in [1.165, 1.54) is 0 Å². The summed E-state index contributed by atoms with van der Waals surface area (Å²) in [6.07, 6.45) is 7.50. The molecule has 33 heavy (non-hydrogen) atoms. The van der Waals surface area contributed by atoms with Crippen LogP contribution in [0, 0.1) is 0 Å². The second-order valence-corrected chi connectivity index (χ2v) is 8.24. The molecule has 7 nitrogen and oxygen atoms in total. The van der Waals surface area contributed by atoms with E-state index in [-0.39, 0.29) is 0 Å². The molecule has 166 valence electrons. The number of rotatable bonds is 6. The van der Waals surface area contributed by atoms with Crippen molar-refractivity contribution in [1.29, 1.82) is 0 Å². The number of nitrogens with zero attached hydrogens (tertiary/aromatic N) is 4. The smallest absolute Gasteiger partial charge is 0.183 e. The van der Waals surface area contributed by atoms with Crippen LogP contribution in [0.2, 0.25) is 10.0 Å². The fourth-order valence-corrected chi connectivity index (χ4v) is 4.10. The van der Waals surface area contributed by atoms with Crippen LogP contribution >= 0.6 is 23.2 Å². The average molecular weight is 479 g/mol. The number of hydrogen-bond donors (Lipinski definition) is 2. The summed E-state index contributed by atoms with van der Waals surface area (Å²) in [5.41, 5.74) is 3.47. The van der Waals surface area contributed by atoms with Crippen LogP contribution in [0.25, 0.3) is 22.4 Å². The minimum absolute atomic E-state index is 0.489. The highest BCUT2D eigenvalue weighted by molar-refractivity contribution is 6.35. The molecule has 0 saturated heterocycles. The molecule has 9 heteroatoms. The summed E-state index contributed by atoms with van der Waals surface area (Å²) in [5.74, 6) is 1.61. The van der Waals surface area contributed by atoms with E-state index in [4.69, 9.17) is 38.0 Å². The van der Waals surface area contributed by atoms with Gasteiger partial charge in [-0.3, -0.25) is 4.68 Å². The van der Waals surface area contributed by atoms with Crippen LogP contribution in [0.5, 0.6) is 5.75 Å². The molecule has 3 heterocycles. The van der Waals surface area contributed by atoms with Gasteiger partial charge in [-0.1, -0.05) is 47.5 Å². The number of benzene rings is 2. The van der Waals surface area contributed by atoms with Gasteiger partial charge in [0.1, 0.15) is 5.69 Å². The van der Waals surface area contributed by atoms with Gasteiger partial charge in [0.05, 0.1) is 25.4 Å². The largest absolute Gasteiger partial charge is 0.491 e. The fourth-order valence-electron chi connectivity index (χ4n) is 3.63. The first-order valence-corrected chi connectivity index (χ1v) is 11.1. The topological polar surface area (TPSA) is 76.9 Å². The van der Waals surface area contributed by atoms with E-state index < -0.39 is 0 Å². The van der Waals surface area contributed by atoms with E-state index in [0.29, 0.717) is 39.7 Å². The molecule has 0 aliphatic carbocycles. The number of allylic oxidation sites excluding steroid dienone is 1. The summed E-state index contributed by atoms with van der Waals surface area (Å²) in [4.78, 5) is 9.27. The predicted molar refractivity (Wildman–Crippen MR) is 132 cm³/mol. The zero-order chi connectivity index (χ0) is 22.8. The van der Waals surface area contributed by atoms with Crippen molar-refractivity contribution in [1.82, 2.24) is 25.1 Å². The Bertz CT molecular complexity index is 1400. The van der Waals surface area contributed by atoms with Crippen molar-refractivity contribution in [2.45, 2.75) is 6.54 Å². The van der Waals surface area contributed by atoms with Gasteiger partial charge in [-0.2, -0.15) is 5.10 Å². The number of anilines is 1. The number of dihydropyridines is 1. The van der Waals surface area contributed by atoms with Crippen LogP contribution in [0.1, 0.15) is 5.56 Å². The zero-order valence-corrected chi connectivity index (χ0v) is 19.2. The molecular weight excluding hydrogens is 459 g/mol. The summed E-state index contributed by atoms with van der Waals surface area (Å²) in [5, 5.41) is 13.4. The van der Waals surface area contributed by atoms with E-state index in [1.807, 2.05) is 59.4 Å². The van der Waals surface area contributed by atoms with Gasteiger partial charge < -0.3 is 15.4 Å². The van der Waals surface area contributed by atoms with Crippen LogP contribution in [0.4, 0.5) is 5.82 Å². The maximum Gasteiger partial charge on any atom is 0.183 e. The third kappa shape index (κ3) is 4.37. The van der Waals surface area contributed by atoms with Crippen LogP contribution < -0.4 is 15.4 Å². The molecule has 4 aromatic rings. The zero-order valence-electron chi connectivity index (χ0n) is 17.7. The highest BCUT2D eigenvalue weighted by Gasteiger charge is 2.18. The molecule has 1 aliphatic heterocycles. The molecule has 0 atom stereocenters. The number of hydrogen-bond acceptors (Lipinski definition) is 6. The van der Waals surface area contributed by atoms with E-state index in [2.05, 4.69) is 15.6 Å². The van der Waals surface area contributed by atoms with E-state index in [0.717, 1.165) is 28.7 Å². The van der Waals surface area contributed by atoms with Crippen molar-refractivity contribution in [3.05, 3.63) is 88.3 Å². The van der Waals surface area contributed by atoms with Gasteiger partial charge in [-0.05, 0) is 42.1 Å². The van der Waals surface area contributed by atoms with Gasteiger partial charge in [0.2, 0.25) is 0 Å². The Morgan fingerprint density at radius 3 is 2.85 bits per heavy atom. The highest BCUT2D eigenvalue weighted by Crippen LogP contribution is 2.31. The Morgan fingerprint density at radius 2 is 2.06 bits per heavy atom. The minimum atomic E-state index is 0.489. The maximum atomic E-state index is 6.41. The minimum Gasteiger partial charge on any atom is -0.491 e. The lowest BCUT2D eigenvalue weighted by Crippen LogP contribution is -2.13. The third-order valence-corrected chi connectivity index (χ3v) is 5.85. The monoisotopic (exact) mass is 478 g/mol. The third-order valence-electron chi connectivity index (χ3n) is 5.26. The molecule has 2 N–H and O–H groups in total. The van der Waals surface area contributed by atoms with Gasteiger partial charge in [0, 0.05) is 27.7 Å². The molecule has 0 bridgehead atoms. The number of aromatic nitrogens is 4. The average Bonchev–Trinajstić information content (AvgIpc) is 3.20. The SMILES string of the molecule is COc1cnc(-c2nn(Cc3ccc(Cl)cc3Cl)c3ccccc23)nc1NC1=CCNC=C1. The first-order valence-electron chi connectivity index (χ1n) is 10.3. The molecule has 0 radical (unpaired) electrons. The first-order chi connectivity index (χ1) is 16.1. The highest BCUT2D eigenvalue weighted by atomic mass is 35.5. The van der Waals surface area contributed by atoms with Crippen LogP contribution in [-0.4, -0.2) is 33.4 Å². The summed E-state index contributed by atoms with van der Waals surface area (Å²) >= 11 is 12.5. The lowest BCUT2D eigenvalue weighted by molar-refractivity contribution is 0.413. The predicted octanol–water partition coefficient (Wildman–Crippen LogP) is 5.27. The number of methoxy groups -OCH3 is 1. The van der Waals surface area contributed by atoms with Crippen molar-refractivity contribution >= 4 is 39.9 Å². The molecule has 1 aliphatic rings. The molecule has 0 spiro atoms. The van der Waals surface area contributed by atoms with E-state index in [9.17, 15) is 0 Å². The molecular formula is C24H20Cl2N6O. The number of ether oxygens (including phenoxy) is 1. The number of nitrogens with one attached hydrogen (secondary N) is 2. The maximum absolute atomic E-state index is 6.41. The van der Waals surface area contributed by atoms with Crippen molar-refractivity contribution in [3.63, 3.8) is 0 Å². The molecule has 0 saturated carbocycles. The summed E-state index contributed by atoms with van der Waals surface area (Å²) in [7, 11) is 1.59. The van der Waals surface area contributed by atoms with Crippen LogP contribution in [-0.2, 0) is 6.54 Å². The number of para-hydroxylation sites is 1. The second-order valence-electron chi connectivity index (χ2n) is 7.40. The van der Waals surface area contributed by atoms with Crippen molar-refractivity contribution in [2.24, 2.45) is 0 Å². The molecule has 2 aromatic carbocycles. The Hall–Kier alpha value is -3.55. The Morgan fingerprint density at radius 1 is 1.18 bits per heavy atom. The second kappa shape index (κ2) is 9.13. The summed E-state index contributed by atoms with van der Waals surface area (Å²) in [6, 6.07) is 13.4. The van der Waals surface area contributed by atoms with Gasteiger partial charge >= 0.3 is 0 Å². The van der Waals surface area contributed by atoms with Gasteiger partial charge in [-0.25, -0.2) is 9.97 Å². The molecule has 0 amide bonds. The Labute approximate surface area is 200 Å². The van der Waals surface area contributed by atoms with Crippen molar-refractivity contribution < 1.29 is 4.74 Å². The molecule has 0 fully saturated rings. The lowest BCUT2D eigenvalue weighted by atomic mass is 10.2. The molecule has 5 rings (SSSR count). The summed E-state index contributed by atoms with van der Waals surface area (Å²) < 4.78 is 7.37. The van der Waals surface area contributed by atoms with Crippen LogP contribution in [0.15, 0.2) is 72.7 Å². The fraction of sp³-hybridized carbons (Fsp3) is 0.125. The Balaban J connectivity index is 1.56. The van der Waals surface area contributed by atoms with Gasteiger partial charge in [0.25, 0.3) is 0 Å². The first kappa shape index (κ1) is 21.3. The van der Waals surface area contributed by atoms with E-state index in [1.54, 1.807) is 19.4 Å². The van der Waals surface area contributed by atoms with Gasteiger partial charge in [0.15, 0.2) is 17.4 Å².